The summed E-state index contributed by atoms with van der Waals surface area (Å²) in [7, 11) is -2.59. The topological polar surface area (TPSA) is 109 Å². The largest absolute Gasteiger partial charge is 0.464 e. The van der Waals surface area contributed by atoms with Crippen LogP contribution in [0.25, 0.3) is 10.9 Å². The van der Waals surface area contributed by atoms with Crippen molar-refractivity contribution < 1.29 is 23.1 Å². The van der Waals surface area contributed by atoms with Crippen molar-refractivity contribution in [2.75, 3.05) is 5.32 Å². The number of hydrogen-bond acceptors (Lipinski definition) is 4. The van der Waals surface area contributed by atoms with Crippen LogP contribution in [0.15, 0.2) is 47.4 Å². The van der Waals surface area contributed by atoms with Gasteiger partial charge in [0.05, 0.1) is 20.5 Å². The monoisotopic (exact) mass is 497 g/mol. The Morgan fingerprint density at radius 1 is 1.06 bits per heavy atom. The highest BCUT2D eigenvalue weighted by molar-refractivity contribution is 7.89. The standard InChI is InChI=1S/C21H21Cl2N3O5S/c1-21(2,3)26(20(28)29)32(30,31)13-7-5-12(6-8-13)24-19(27)17-11-14-16(25(17)4)10-9-15(22)18(14)23/h5-11H,1-4H3,(H,24,27)(H,28,29). The zero-order chi connectivity index (χ0) is 24.0. The predicted octanol–water partition coefficient (Wildman–Crippen LogP) is 5.20. The van der Waals surface area contributed by atoms with Crippen LogP contribution < -0.4 is 5.32 Å². The Balaban J connectivity index is 1.89. The van der Waals surface area contributed by atoms with E-state index in [4.69, 9.17) is 23.2 Å². The van der Waals surface area contributed by atoms with E-state index in [1.807, 2.05) is 0 Å². The minimum Gasteiger partial charge on any atom is -0.464 e. The molecule has 0 fully saturated rings. The summed E-state index contributed by atoms with van der Waals surface area (Å²) < 4.78 is 27.7. The van der Waals surface area contributed by atoms with Gasteiger partial charge in [-0.1, -0.05) is 23.2 Å². The second-order valence-corrected chi connectivity index (χ2v) is 10.7. The summed E-state index contributed by atoms with van der Waals surface area (Å²) in [5.41, 5.74) is 0.213. The fourth-order valence-corrected chi connectivity index (χ4v) is 5.32. The minimum atomic E-state index is -4.30. The molecule has 0 spiro atoms. The number of aryl methyl sites for hydroxylation is 1. The summed E-state index contributed by atoms with van der Waals surface area (Å²) in [6.07, 6.45) is -1.58. The van der Waals surface area contributed by atoms with Gasteiger partial charge in [0.15, 0.2) is 0 Å². The molecular weight excluding hydrogens is 477 g/mol. The van der Waals surface area contributed by atoms with E-state index in [1.54, 1.807) is 29.8 Å². The summed E-state index contributed by atoms with van der Waals surface area (Å²) in [4.78, 5) is 24.1. The van der Waals surface area contributed by atoms with Crippen molar-refractivity contribution >= 4 is 61.8 Å². The highest BCUT2D eigenvalue weighted by atomic mass is 35.5. The first-order valence-corrected chi connectivity index (χ1v) is 11.6. The SMILES string of the molecule is Cn1c(C(=O)Nc2ccc(S(=O)(=O)N(C(=O)O)C(C)(C)C)cc2)cc2c(Cl)c(Cl)ccc21. The molecule has 0 aliphatic rings. The first kappa shape index (κ1) is 23.9. The lowest BCUT2D eigenvalue weighted by atomic mass is 10.1. The minimum absolute atomic E-state index is 0.209. The lowest BCUT2D eigenvalue weighted by molar-refractivity contribution is 0.101. The van der Waals surface area contributed by atoms with Gasteiger partial charge >= 0.3 is 6.09 Å². The van der Waals surface area contributed by atoms with E-state index >= 15 is 0 Å². The second-order valence-electron chi connectivity index (χ2n) is 8.08. The van der Waals surface area contributed by atoms with Crippen molar-refractivity contribution in [2.45, 2.75) is 31.2 Å². The summed E-state index contributed by atoms with van der Waals surface area (Å²) in [5, 5.41) is 13.4. The average molecular weight is 498 g/mol. The molecule has 0 unspecified atom stereocenters. The van der Waals surface area contributed by atoms with Gasteiger partial charge in [-0.05, 0) is 63.2 Å². The molecule has 0 atom stereocenters. The molecule has 1 aromatic heterocycles. The maximum absolute atomic E-state index is 12.8. The van der Waals surface area contributed by atoms with Gasteiger partial charge in [-0.3, -0.25) is 4.79 Å². The normalized spacial score (nSPS) is 12.1. The third-order valence-corrected chi connectivity index (χ3v) is 7.65. The number of carbonyl (C=O) groups excluding carboxylic acids is 1. The van der Waals surface area contributed by atoms with Crippen LogP contribution in [-0.2, 0) is 17.1 Å². The lowest BCUT2D eigenvalue weighted by Gasteiger charge is -2.31. The average Bonchev–Trinajstić information content (AvgIpc) is 3.00. The van der Waals surface area contributed by atoms with Gasteiger partial charge in [0.1, 0.15) is 5.69 Å². The maximum Gasteiger partial charge on any atom is 0.421 e. The highest BCUT2D eigenvalue weighted by Gasteiger charge is 2.38. The summed E-state index contributed by atoms with van der Waals surface area (Å²) in [6, 6.07) is 10.3. The molecule has 32 heavy (non-hydrogen) atoms. The third kappa shape index (κ3) is 4.28. The number of benzene rings is 2. The molecule has 11 heteroatoms. The van der Waals surface area contributed by atoms with Crippen LogP contribution in [-0.4, -0.2) is 39.9 Å². The molecule has 2 aromatic carbocycles. The van der Waals surface area contributed by atoms with Crippen LogP contribution in [0.5, 0.6) is 0 Å². The number of anilines is 1. The number of sulfonamides is 1. The highest BCUT2D eigenvalue weighted by Crippen LogP contribution is 2.33. The number of rotatable bonds is 4. The van der Waals surface area contributed by atoms with E-state index in [9.17, 15) is 23.1 Å². The van der Waals surface area contributed by atoms with Crippen LogP contribution in [0.1, 0.15) is 31.3 Å². The predicted molar refractivity (Wildman–Crippen MR) is 124 cm³/mol. The molecule has 2 N–H and O–H groups in total. The molecule has 0 saturated carbocycles. The maximum atomic E-state index is 12.8. The van der Waals surface area contributed by atoms with Gasteiger partial charge in [0.25, 0.3) is 15.9 Å². The molecule has 2 amide bonds. The summed E-state index contributed by atoms with van der Waals surface area (Å²) in [5.74, 6) is -0.437. The first-order chi connectivity index (χ1) is 14.7. The molecule has 170 valence electrons. The number of nitrogens with one attached hydrogen (secondary N) is 1. The summed E-state index contributed by atoms with van der Waals surface area (Å²) >= 11 is 12.3. The number of aromatic nitrogens is 1. The van der Waals surface area contributed by atoms with E-state index in [0.29, 0.717) is 31.1 Å². The van der Waals surface area contributed by atoms with Crippen molar-refractivity contribution in [1.29, 1.82) is 0 Å². The van der Waals surface area contributed by atoms with Crippen molar-refractivity contribution in [2.24, 2.45) is 7.05 Å². The van der Waals surface area contributed by atoms with Crippen LogP contribution in [0.4, 0.5) is 10.5 Å². The molecule has 0 aliphatic carbocycles. The quantitative estimate of drug-likeness (QED) is 0.514. The van der Waals surface area contributed by atoms with Crippen LogP contribution in [0, 0.1) is 0 Å². The number of fused-ring (bicyclic) bond motifs is 1. The van der Waals surface area contributed by atoms with Gasteiger partial charge in [0, 0.05) is 23.6 Å². The Hall–Kier alpha value is -2.75. The summed E-state index contributed by atoms with van der Waals surface area (Å²) in [6.45, 7) is 4.45. The number of carbonyl (C=O) groups is 2. The fourth-order valence-electron chi connectivity index (χ4n) is 3.33. The van der Waals surface area contributed by atoms with Crippen molar-refractivity contribution in [3.8, 4) is 0 Å². The van der Waals surface area contributed by atoms with Gasteiger partial charge in [-0.2, -0.15) is 4.31 Å². The van der Waals surface area contributed by atoms with Crippen molar-refractivity contribution in [3.63, 3.8) is 0 Å². The van der Waals surface area contributed by atoms with E-state index in [0.717, 1.165) is 5.52 Å². The zero-order valence-electron chi connectivity index (χ0n) is 17.7. The molecule has 0 radical (unpaired) electrons. The Morgan fingerprint density at radius 3 is 2.19 bits per heavy atom. The van der Waals surface area contributed by atoms with Crippen LogP contribution in [0.2, 0.25) is 10.0 Å². The number of carboxylic acid groups (broad SMARTS) is 1. The van der Waals surface area contributed by atoms with Crippen LogP contribution in [0.3, 0.4) is 0 Å². The number of hydrogen-bond donors (Lipinski definition) is 2. The third-order valence-electron chi connectivity index (χ3n) is 4.78. The molecule has 0 aliphatic heterocycles. The lowest BCUT2D eigenvalue weighted by Crippen LogP contribution is -2.48. The number of nitrogens with zero attached hydrogens (tertiary/aromatic N) is 2. The smallest absolute Gasteiger partial charge is 0.421 e. The van der Waals surface area contributed by atoms with Crippen LogP contribution >= 0.6 is 23.2 Å². The van der Waals surface area contributed by atoms with E-state index in [1.165, 1.54) is 45.0 Å². The first-order valence-electron chi connectivity index (χ1n) is 9.38. The zero-order valence-corrected chi connectivity index (χ0v) is 20.0. The van der Waals surface area contributed by atoms with E-state index in [-0.39, 0.29) is 4.90 Å². The molecule has 8 nitrogen and oxygen atoms in total. The molecule has 1 heterocycles. The van der Waals surface area contributed by atoms with Gasteiger partial charge in [0.2, 0.25) is 0 Å². The molecule has 3 rings (SSSR count). The Morgan fingerprint density at radius 2 is 1.66 bits per heavy atom. The molecule has 3 aromatic rings. The van der Waals surface area contributed by atoms with Crippen molar-refractivity contribution in [1.82, 2.24) is 8.87 Å². The number of halogens is 2. The van der Waals surface area contributed by atoms with E-state index < -0.39 is 27.6 Å². The Kier molecular flexibility index (Phi) is 6.21. The molecule has 0 bridgehead atoms. The van der Waals surface area contributed by atoms with Gasteiger partial charge in [-0.25, -0.2) is 13.2 Å². The molecular formula is C21H21Cl2N3O5S. The Bertz CT molecular complexity index is 1330. The Labute approximate surface area is 195 Å². The van der Waals surface area contributed by atoms with Gasteiger partial charge < -0.3 is 15.0 Å². The number of amides is 2. The van der Waals surface area contributed by atoms with Gasteiger partial charge in [-0.15, -0.1) is 0 Å². The fraction of sp³-hybridized carbons (Fsp3) is 0.238. The van der Waals surface area contributed by atoms with Crippen molar-refractivity contribution in [3.05, 3.63) is 58.2 Å². The molecule has 0 saturated heterocycles. The second kappa shape index (κ2) is 8.31. The van der Waals surface area contributed by atoms with E-state index in [2.05, 4.69) is 5.32 Å².